The molecule has 1 saturated heterocycles. The molecule has 5 heteroatoms. The van der Waals surface area contributed by atoms with Crippen molar-refractivity contribution in [3.8, 4) is 5.75 Å². The molecule has 0 N–H and O–H groups in total. The smallest absolute Gasteiger partial charge is 0.248 e. The zero-order chi connectivity index (χ0) is 16.2. The van der Waals surface area contributed by atoms with E-state index >= 15 is 0 Å². The largest absolute Gasteiger partial charge is 0.435 e. The average Bonchev–Trinajstić information content (AvgIpc) is 2.55. The van der Waals surface area contributed by atoms with Crippen LogP contribution in [0.15, 0.2) is 54.6 Å². The molecule has 2 aromatic carbocycles. The minimum atomic E-state index is -0.421. The van der Waals surface area contributed by atoms with Crippen LogP contribution in [-0.4, -0.2) is 19.8 Å². The zero-order valence-corrected chi connectivity index (χ0v) is 13.3. The molecule has 0 spiro atoms. The van der Waals surface area contributed by atoms with Gasteiger partial charge in [0.2, 0.25) is 13.7 Å². The van der Waals surface area contributed by atoms with Crippen molar-refractivity contribution in [3.05, 3.63) is 65.7 Å². The molecule has 3 rings (SSSR count). The van der Waals surface area contributed by atoms with Crippen molar-refractivity contribution >= 4 is 13.7 Å². The number of hydrogen-bond acceptors (Lipinski definition) is 4. The Morgan fingerprint density at radius 3 is 2.39 bits per heavy atom. The minimum Gasteiger partial charge on any atom is -0.435 e. The molecular weight excluding hydrogens is 291 g/mol. The van der Waals surface area contributed by atoms with Gasteiger partial charge in [-0.2, -0.15) is 0 Å². The Balaban J connectivity index is 1.75. The molecule has 4 nitrogen and oxygen atoms in total. The molecule has 3 atom stereocenters. The van der Waals surface area contributed by atoms with E-state index < -0.39 is 6.29 Å². The van der Waals surface area contributed by atoms with Crippen LogP contribution in [0, 0.1) is 0 Å². The fraction of sp³-hybridized carbons (Fsp3) is 0.278. The third kappa shape index (κ3) is 4.00. The Morgan fingerprint density at radius 1 is 1.04 bits per heavy atom. The summed E-state index contributed by atoms with van der Waals surface area (Å²) in [5.41, 5.74) is 2.07. The van der Waals surface area contributed by atoms with E-state index in [1.807, 2.05) is 30.3 Å². The second kappa shape index (κ2) is 6.98. The van der Waals surface area contributed by atoms with E-state index in [-0.39, 0.29) is 18.1 Å². The summed E-state index contributed by atoms with van der Waals surface area (Å²) in [6.07, 6.45) is 0.520. The third-order valence-corrected chi connectivity index (χ3v) is 3.77. The molecule has 2 aromatic rings. The van der Waals surface area contributed by atoms with Crippen LogP contribution in [-0.2, 0) is 9.47 Å². The number of benzene rings is 2. The van der Waals surface area contributed by atoms with E-state index in [0.717, 1.165) is 17.5 Å². The van der Waals surface area contributed by atoms with Gasteiger partial charge in [-0.1, -0.05) is 42.5 Å². The number of carbonyl (C=O) groups excluding carboxylic acids is 1. The maximum Gasteiger partial charge on any atom is 0.248 e. The van der Waals surface area contributed by atoms with E-state index in [2.05, 4.69) is 19.1 Å². The highest BCUT2D eigenvalue weighted by molar-refractivity contribution is 6.55. The van der Waals surface area contributed by atoms with Crippen LogP contribution in [0.3, 0.4) is 0 Å². The first kappa shape index (κ1) is 15.8. The number of carbonyl (C=O) groups is 1. The van der Waals surface area contributed by atoms with Crippen molar-refractivity contribution in [2.75, 3.05) is 0 Å². The molecule has 23 heavy (non-hydrogen) atoms. The summed E-state index contributed by atoms with van der Waals surface area (Å²) in [5, 5.41) is 0. The van der Waals surface area contributed by atoms with Crippen LogP contribution in [0.25, 0.3) is 0 Å². The second-order valence-corrected chi connectivity index (χ2v) is 5.71. The molecule has 0 aliphatic carbocycles. The van der Waals surface area contributed by atoms with Gasteiger partial charge in [-0.15, -0.1) is 0 Å². The van der Waals surface area contributed by atoms with Gasteiger partial charge < -0.3 is 14.2 Å². The molecule has 1 aliphatic heterocycles. The predicted octanol–water partition coefficient (Wildman–Crippen LogP) is 3.38. The first-order valence-corrected chi connectivity index (χ1v) is 7.76. The summed E-state index contributed by atoms with van der Waals surface area (Å²) in [7, 11) is 1.38. The van der Waals surface area contributed by atoms with Crippen molar-refractivity contribution in [2.45, 2.75) is 31.8 Å². The van der Waals surface area contributed by atoms with E-state index in [0.29, 0.717) is 5.75 Å². The molecule has 1 fully saturated rings. The maximum atomic E-state index is 11.0. The van der Waals surface area contributed by atoms with Crippen LogP contribution < -0.4 is 4.74 Å². The van der Waals surface area contributed by atoms with Gasteiger partial charge in [-0.3, -0.25) is 4.79 Å². The SMILES string of the molecule is BC(=O)Oc1ccc(C2OC(C)CC(c3ccccc3)O2)cc1. The van der Waals surface area contributed by atoms with Gasteiger partial charge in [0.1, 0.15) is 5.75 Å². The van der Waals surface area contributed by atoms with Gasteiger partial charge in [0.05, 0.1) is 12.2 Å². The monoisotopic (exact) mass is 310 g/mol. The van der Waals surface area contributed by atoms with Crippen molar-refractivity contribution < 1.29 is 19.0 Å². The van der Waals surface area contributed by atoms with Crippen LogP contribution >= 0.6 is 0 Å². The molecule has 1 aliphatic rings. The molecule has 0 radical (unpaired) electrons. The first-order valence-electron chi connectivity index (χ1n) is 7.76. The molecule has 1 heterocycles. The summed E-state index contributed by atoms with van der Waals surface area (Å²) < 4.78 is 17.1. The molecular formula is C18H19BO4. The average molecular weight is 310 g/mol. The summed E-state index contributed by atoms with van der Waals surface area (Å²) in [5.74, 6) is 0.186. The molecule has 0 aromatic heterocycles. The first-order chi connectivity index (χ1) is 11.1. The molecule has 0 saturated carbocycles. The van der Waals surface area contributed by atoms with E-state index in [9.17, 15) is 4.79 Å². The Morgan fingerprint density at radius 2 is 1.74 bits per heavy atom. The lowest BCUT2D eigenvalue weighted by molar-refractivity contribution is -0.246. The Labute approximate surface area is 136 Å². The van der Waals surface area contributed by atoms with Gasteiger partial charge in [0.25, 0.3) is 0 Å². The number of rotatable bonds is 3. The van der Waals surface area contributed by atoms with Crippen LogP contribution in [0.5, 0.6) is 5.75 Å². The zero-order valence-electron chi connectivity index (χ0n) is 13.3. The summed E-state index contributed by atoms with van der Waals surface area (Å²) in [4.78, 5) is 11.0. The van der Waals surface area contributed by atoms with E-state index in [1.54, 1.807) is 12.1 Å². The lowest BCUT2D eigenvalue weighted by Crippen LogP contribution is -2.27. The minimum absolute atomic E-state index is 0.0121. The Bertz CT molecular complexity index is 656. The highest BCUT2D eigenvalue weighted by atomic mass is 16.7. The summed E-state index contributed by atoms with van der Waals surface area (Å²) in [6, 6.07) is 17.4. The highest BCUT2D eigenvalue weighted by Crippen LogP contribution is 2.37. The van der Waals surface area contributed by atoms with Crippen LogP contribution in [0.4, 0.5) is 4.79 Å². The number of ether oxygens (including phenoxy) is 3. The molecule has 0 bridgehead atoms. The highest BCUT2D eigenvalue weighted by Gasteiger charge is 2.29. The van der Waals surface area contributed by atoms with Crippen molar-refractivity contribution in [3.63, 3.8) is 0 Å². The lowest BCUT2D eigenvalue weighted by atomic mass is 10.0. The van der Waals surface area contributed by atoms with Gasteiger partial charge in [0.15, 0.2) is 6.29 Å². The van der Waals surface area contributed by atoms with Crippen molar-refractivity contribution in [1.82, 2.24) is 0 Å². The quantitative estimate of drug-likeness (QED) is 0.815. The van der Waals surface area contributed by atoms with Crippen molar-refractivity contribution in [1.29, 1.82) is 0 Å². The van der Waals surface area contributed by atoms with Crippen LogP contribution in [0.1, 0.15) is 36.9 Å². The fourth-order valence-corrected chi connectivity index (χ4v) is 2.70. The molecule has 3 unspecified atom stereocenters. The fourth-order valence-electron chi connectivity index (χ4n) is 2.70. The second-order valence-electron chi connectivity index (χ2n) is 5.71. The molecule has 0 amide bonds. The summed E-state index contributed by atoms with van der Waals surface area (Å²) in [6.45, 7) is 2.05. The van der Waals surface area contributed by atoms with Gasteiger partial charge in [0, 0.05) is 12.0 Å². The standard InChI is InChI=1S/C18H19BO4/c1-12-11-16(13-5-3-2-4-6-13)23-17(21-12)14-7-9-15(10-8-14)22-18(19)20/h2-10,12,16-17H,11,19H2,1H3. The number of hydrogen-bond donors (Lipinski definition) is 0. The van der Waals surface area contributed by atoms with E-state index in [4.69, 9.17) is 14.2 Å². The summed E-state index contributed by atoms with van der Waals surface area (Å²) >= 11 is 0. The Kier molecular flexibility index (Phi) is 4.79. The van der Waals surface area contributed by atoms with Crippen LogP contribution in [0.2, 0.25) is 0 Å². The Hall–Kier alpha value is -2.11. The normalized spacial score (nSPS) is 24.1. The van der Waals surface area contributed by atoms with Gasteiger partial charge in [-0.25, -0.2) is 0 Å². The lowest BCUT2D eigenvalue weighted by Gasteiger charge is -2.34. The third-order valence-electron chi connectivity index (χ3n) is 3.77. The molecule has 118 valence electrons. The van der Waals surface area contributed by atoms with Gasteiger partial charge in [-0.05, 0) is 24.6 Å². The predicted molar refractivity (Wildman–Crippen MR) is 89.2 cm³/mol. The topological polar surface area (TPSA) is 44.8 Å². The van der Waals surface area contributed by atoms with Gasteiger partial charge >= 0.3 is 0 Å². The maximum absolute atomic E-state index is 11.0. The van der Waals surface area contributed by atoms with Crippen molar-refractivity contribution in [2.24, 2.45) is 0 Å². The van der Waals surface area contributed by atoms with E-state index in [1.165, 1.54) is 7.85 Å².